The van der Waals surface area contributed by atoms with Crippen LogP contribution >= 0.6 is 0 Å². The molecule has 4 heteroatoms. The number of nitrogens with zero attached hydrogens (tertiary/aromatic N) is 2. The Labute approximate surface area is 102 Å². The third-order valence-corrected chi connectivity index (χ3v) is 3.41. The molecule has 1 saturated carbocycles. The Hall–Kier alpha value is -1.58. The first-order valence-corrected chi connectivity index (χ1v) is 6.22. The van der Waals surface area contributed by atoms with Crippen LogP contribution in [-0.4, -0.2) is 28.9 Å². The van der Waals surface area contributed by atoms with Gasteiger partial charge in [-0.15, -0.1) is 0 Å². The topological polar surface area (TPSA) is 59.2 Å². The highest BCUT2D eigenvalue weighted by molar-refractivity contribution is 5.97. The largest absolute Gasteiger partial charge is 0.397 e. The van der Waals surface area contributed by atoms with Crippen LogP contribution in [0.15, 0.2) is 18.3 Å². The number of carbonyl (C=O) groups excluding carboxylic acids is 1. The molecular formula is C13H19N3O. The zero-order valence-corrected chi connectivity index (χ0v) is 10.2. The standard InChI is InChI=1S/C13H19N3O/c1-2-16(9-10-5-3-6-10)13(17)12-11(14)7-4-8-15-12/h4,7-8,10H,2-3,5-6,9,14H2,1H3. The lowest BCUT2D eigenvalue weighted by molar-refractivity contribution is 0.0702. The molecule has 1 aromatic rings. The summed E-state index contributed by atoms with van der Waals surface area (Å²) in [4.78, 5) is 18.2. The monoisotopic (exact) mass is 233 g/mol. The molecule has 1 aliphatic rings. The minimum absolute atomic E-state index is 0.0440. The Balaban J connectivity index is 2.08. The van der Waals surface area contributed by atoms with Crippen molar-refractivity contribution in [3.63, 3.8) is 0 Å². The van der Waals surface area contributed by atoms with Crippen LogP contribution in [0.5, 0.6) is 0 Å². The molecule has 0 radical (unpaired) electrons. The molecule has 0 aromatic carbocycles. The van der Waals surface area contributed by atoms with Crippen molar-refractivity contribution in [2.45, 2.75) is 26.2 Å². The van der Waals surface area contributed by atoms with Gasteiger partial charge in [0.1, 0.15) is 0 Å². The van der Waals surface area contributed by atoms with E-state index in [-0.39, 0.29) is 5.91 Å². The number of hydrogen-bond donors (Lipinski definition) is 1. The van der Waals surface area contributed by atoms with E-state index in [1.54, 1.807) is 18.3 Å². The van der Waals surface area contributed by atoms with Crippen LogP contribution in [0.4, 0.5) is 5.69 Å². The number of hydrogen-bond acceptors (Lipinski definition) is 3. The number of amides is 1. The molecule has 0 saturated heterocycles. The summed E-state index contributed by atoms with van der Waals surface area (Å²) >= 11 is 0. The van der Waals surface area contributed by atoms with E-state index in [1.165, 1.54) is 19.3 Å². The molecule has 0 aliphatic heterocycles. The van der Waals surface area contributed by atoms with Gasteiger partial charge in [0.15, 0.2) is 5.69 Å². The van der Waals surface area contributed by atoms with Crippen molar-refractivity contribution in [1.82, 2.24) is 9.88 Å². The van der Waals surface area contributed by atoms with Gasteiger partial charge >= 0.3 is 0 Å². The van der Waals surface area contributed by atoms with Gasteiger partial charge < -0.3 is 10.6 Å². The Morgan fingerprint density at radius 3 is 2.88 bits per heavy atom. The first kappa shape index (κ1) is 11.9. The lowest BCUT2D eigenvalue weighted by Crippen LogP contribution is -2.38. The number of anilines is 1. The molecule has 0 spiro atoms. The molecule has 4 nitrogen and oxygen atoms in total. The van der Waals surface area contributed by atoms with Gasteiger partial charge in [-0.1, -0.05) is 6.42 Å². The maximum atomic E-state index is 12.3. The quantitative estimate of drug-likeness (QED) is 0.864. The van der Waals surface area contributed by atoms with Crippen molar-refractivity contribution in [3.8, 4) is 0 Å². The average molecular weight is 233 g/mol. The lowest BCUT2D eigenvalue weighted by atomic mass is 9.85. The summed E-state index contributed by atoms with van der Waals surface area (Å²) in [5, 5.41) is 0. The Kier molecular flexibility index (Phi) is 3.61. The van der Waals surface area contributed by atoms with Gasteiger partial charge in [0.2, 0.25) is 0 Å². The van der Waals surface area contributed by atoms with Gasteiger partial charge in [-0.2, -0.15) is 0 Å². The maximum absolute atomic E-state index is 12.3. The highest BCUT2D eigenvalue weighted by atomic mass is 16.2. The van der Waals surface area contributed by atoms with Crippen molar-refractivity contribution < 1.29 is 4.79 Å². The number of rotatable bonds is 4. The van der Waals surface area contributed by atoms with E-state index >= 15 is 0 Å². The SMILES string of the molecule is CCN(CC1CCC1)C(=O)c1ncccc1N. The van der Waals surface area contributed by atoms with Gasteiger partial charge in [-0.25, -0.2) is 4.98 Å². The molecule has 2 N–H and O–H groups in total. The van der Waals surface area contributed by atoms with Crippen molar-refractivity contribution in [2.75, 3.05) is 18.8 Å². The Bertz CT molecular complexity index is 401. The molecule has 1 heterocycles. The van der Waals surface area contributed by atoms with E-state index in [9.17, 15) is 4.79 Å². The van der Waals surface area contributed by atoms with Crippen LogP contribution in [-0.2, 0) is 0 Å². The normalized spacial score (nSPS) is 15.4. The molecule has 1 aromatic heterocycles. The molecule has 0 unspecified atom stereocenters. The van der Waals surface area contributed by atoms with E-state index in [2.05, 4.69) is 4.98 Å². The summed E-state index contributed by atoms with van der Waals surface area (Å²) in [5.41, 5.74) is 6.63. The second-order valence-electron chi connectivity index (χ2n) is 4.58. The van der Waals surface area contributed by atoms with Gasteiger partial charge in [0, 0.05) is 19.3 Å². The summed E-state index contributed by atoms with van der Waals surface area (Å²) in [6, 6.07) is 3.46. The number of carbonyl (C=O) groups is 1. The van der Waals surface area contributed by atoms with E-state index in [0.717, 1.165) is 6.54 Å². The zero-order chi connectivity index (χ0) is 12.3. The average Bonchev–Trinajstić information content (AvgIpc) is 2.28. The molecular weight excluding hydrogens is 214 g/mol. The third kappa shape index (κ3) is 2.57. The minimum atomic E-state index is -0.0440. The molecule has 92 valence electrons. The van der Waals surface area contributed by atoms with Crippen molar-refractivity contribution in [3.05, 3.63) is 24.0 Å². The summed E-state index contributed by atoms with van der Waals surface area (Å²) in [5.74, 6) is 0.626. The first-order chi connectivity index (χ1) is 8.22. The summed E-state index contributed by atoms with van der Waals surface area (Å²) in [6.45, 7) is 3.55. The summed E-state index contributed by atoms with van der Waals surface area (Å²) < 4.78 is 0. The second-order valence-corrected chi connectivity index (χ2v) is 4.58. The van der Waals surface area contributed by atoms with Crippen LogP contribution in [0, 0.1) is 5.92 Å². The molecule has 0 atom stereocenters. The van der Waals surface area contributed by atoms with Crippen molar-refractivity contribution in [2.24, 2.45) is 5.92 Å². The molecule has 1 aliphatic carbocycles. The number of pyridine rings is 1. The van der Waals surface area contributed by atoms with E-state index < -0.39 is 0 Å². The van der Waals surface area contributed by atoms with E-state index in [4.69, 9.17) is 5.73 Å². The van der Waals surface area contributed by atoms with Crippen molar-refractivity contribution in [1.29, 1.82) is 0 Å². The zero-order valence-electron chi connectivity index (χ0n) is 10.2. The van der Waals surface area contributed by atoms with Crippen LogP contribution in [0.1, 0.15) is 36.7 Å². The van der Waals surface area contributed by atoms with Crippen molar-refractivity contribution >= 4 is 11.6 Å². The van der Waals surface area contributed by atoms with E-state index in [1.807, 2.05) is 11.8 Å². The van der Waals surface area contributed by atoms with Gasteiger partial charge in [-0.3, -0.25) is 4.79 Å². The molecule has 0 bridgehead atoms. The van der Waals surface area contributed by atoms with Gasteiger partial charge in [0.05, 0.1) is 5.69 Å². The highest BCUT2D eigenvalue weighted by Crippen LogP contribution is 2.27. The first-order valence-electron chi connectivity index (χ1n) is 6.22. The molecule has 17 heavy (non-hydrogen) atoms. The third-order valence-electron chi connectivity index (χ3n) is 3.41. The fourth-order valence-electron chi connectivity index (χ4n) is 2.09. The molecule has 1 amide bonds. The second kappa shape index (κ2) is 5.17. The predicted molar refractivity (Wildman–Crippen MR) is 67.6 cm³/mol. The van der Waals surface area contributed by atoms with Crippen LogP contribution in [0.3, 0.4) is 0 Å². The van der Waals surface area contributed by atoms with Gasteiger partial charge in [0.25, 0.3) is 5.91 Å². The molecule has 2 rings (SSSR count). The Morgan fingerprint density at radius 2 is 2.35 bits per heavy atom. The number of nitrogens with two attached hydrogens (primary N) is 1. The maximum Gasteiger partial charge on any atom is 0.274 e. The number of nitrogen functional groups attached to an aromatic ring is 1. The summed E-state index contributed by atoms with van der Waals surface area (Å²) in [7, 11) is 0. The fraction of sp³-hybridized carbons (Fsp3) is 0.538. The minimum Gasteiger partial charge on any atom is -0.397 e. The fourth-order valence-corrected chi connectivity index (χ4v) is 2.09. The summed E-state index contributed by atoms with van der Waals surface area (Å²) in [6.07, 6.45) is 5.38. The van der Waals surface area contributed by atoms with E-state index in [0.29, 0.717) is 23.8 Å². The Morgan fingerprint density at radius 1 is 1.59 bits per heavy atom. The van der Waals surface area contributed by atoms with Crippen LogP contribution in [0.25, 0.3) is 0 Å². The van der Waals surface area contributed by atoms with Crippen LogP contribution in [0.2, 0.25) is 0 Å². The van der Waals surface area contributed by atoms with Crippen LogP contribution < -0.4 is 5.73 Å². The molecule has 1 fully saturated rings. The lowest BCUT2D eigenvalue weighted by Gasteiger charge is -2.31. The number of aromatic nitrogens is 1. The highest BCUT2D eigenvalue weighted by Gasteiger charge is 2.24. The smallest absolute Gasteiger partial charge is 0.274 e. The predicted octanol–water partition coefficient (Wildman–Crippen LogP) is 1.93. The van der Waals surface area contributed by atoms with Gasteiger partial charge in [-0.05, 0) is 37.8 Å².